The third-order valence-corrected chi connectivity index (χ3v) is 3.76. The molecule has 0 fully saturated rings. The van der Waals surface area contributed by atoms with Crippen LogP contribution in [0.25, 0.3) is 0 Å². The van der Waals surface area contributed by atoms with Crippen LogP contribution in [0.2, 0.25) is 0 Å². The molecule has 2 N–H and O–H groups in total. The van der Waals surface area contributed by atoms with Crippen LogP contribution in [0.3, 0.4) is 0 Å². The number of rotatable bonds is 5. The lowest BCUT2D eigenvalue weighted by Crippen LogP contribution is -2.04. The van der Waals surface area contributed by atoms with Gasteiger partial charge in [-0.2, -0.15) is 0 Å². The molecule has 90 valence electrons. The Bertz CT molecular complexity index is 486. The zero-order valence-electron chi connectivity index (χ0n) is 9.40. The number of thiophene rings is 1. The minimum absolute atomic E-state index is 0.764. The lowest BCUT2D eigenvalue weighted by atomic mass is 10.4. The van der Waals surface area contributed by atoms with Crippen molar-refractivity contribution < 1.29 is 0 Å². The number of halogens is 1. The highest BCUT2D eigenvalue weighted by molar-refractivity contribution is 9.10. The van der Waals surface area contributed by atoms with E-state index in [1.165, 1.54) is 4.88 Å². The Morgan fingerprint density at radius 3 is 2.71 bits per heavy atom. The third kappa shape index (κ3) is 3.67. The molecule has 17 heavy (non-hydrogen) atoms. The van der Waals surface area contributed by atoms with Gasteiger partial charge in [-0.1, -0.05) is 0 Å². The minimum atomic E-state index is 0.764. The van der Waals surface area contributed by atoms with E-state index in [0.29, 0.717) is 0 Å². The van der Waals surface area contributed by atoms with Crippen LogP contribution >= 0.6 is 27.3 Å². The summed E-state index contributed by atoms with van der Waals surface area (Å²) in [5, 5.41) is 8.45. The van der Waals surface area contributed by atoms with E-state index in [1.54, 1.807) is 23.7 Å². The Kier molecular flexibility index (Phi) is 4.33. The summed E-state index contributed by atoms with van der Waals surface area (Å²) in [6, 6.07) is 2.10. The first-order chi connectivity index (χ1) is 8.28. The second-order valence-corrected chi connectivity index (χ2v) is 5.32. The van der Waals surface area contributed by atoms with Crippen molar-refractivity contribution in [1.29, 1.82) is 0 Å². The zero-order valence-corrected chi connectivity index (χ0v) is 11.8. The predicted molar refractivity (Wildman–Crippen MR) is 75.5 cm³/mol. The summed E-state index contributed by atoms with van der Waals surface area (Å²) in [6.07, 6.45) is 3.44. The number of nitrogens with one attached hydrogen (secondary N) is 2. The summed E-state index contributed by atoms with van der Waals surface area (Å²) in [4.78, 5) is 9.78. The number of anilines is 2. The van der Waals surface area contributed by atoms with Gasteiger partial charge in [0.15, 0.2) is 0 Å². The van der Waals surface area contributed by atoms with E-state index in [0.717, 1.165) is 29.2 Å². The summed E-state index contributed by atoms with van der Waals surface area (Å²) in [6.45, 7) is 3.64. The van der Waals surface area contributed by atoms with Crippen LogP contribution in [-0.2, 0) is 6.54 Å². The standard InChI is InChI=1S/C11H13BrN4S/c1-2-14-10-5-13-6-11(16-10)15-4-9-3-8(12)7-17-9/h3,5-7H,2,4H2,1H3,(H2,14,15,16). The second kappa shape index (κ2) is 5.97. The summed E-state index contributed by atoms with van der Waals surface area (Å²) >= 11 is 5.15. The van der Waals surface area contributed by atoms with E-state index in [4.69, 9.17) is 0 Å². The molecule has 6 heteroatoms. The van der Waals surface area contributed by atoms with E-state index in [1.807, 2.05) is 6.92 Å². The average Bonchev–Trinajstić information content (AvgIpc) is 2.74. The maximum absolute atomic E-state index is 4.39. The van der Waals surface area contributed by atoms with Crippen molar-refractivity contribution in [2.45, 2.75) is 13.5 Å². The lowest BCUT2D eigenvalue weighted by molar-refractivity contribution is 1.08. The fourth-order valence-electron chi connectivity index (χ4n) is 1.34. The largest absolute Gasteiger partial charge is 0.369 e. The molecule has 0 aliphatic carbocycles. The van der Waals surface area contributed by atoms with Crippen molar-refractivity contribution in [3.63, 3.8) is 0 Å². The van der Waals surface area contributed by atoms with E-state index in [9.17, 15) is 0 Å². The molecule has 0 saturated heterocycles. The van der Waals surface area contributed by atoms with Crippen LogP contribution in [-0.4, -0.2) is 16.5 Å². The highest BCUT2D eigenvalue weighted by Crippen LogP contribution is 2.20. The molecular formula is C11H13BrN4S. The van der Waals surface area contributed by atoms with Crippen molar-refractivity contribution in [1.82, 2.24) is 9.97 Å². The van der Waals surface area contributed by atoms with Crippen LogP contribution in [0.4, 0.5) is 11.6 Å². The van der Waals surface area contributed by atoms with Crippen molar-refractivity contribution in [3.05, 3.63) is 33.2 Å². The Balaban J connectivity index is 1.96. The molecular weight excluding hydrogens is 300 g/mol. The van der Waals surface area contributed by atoms with Crippen LogP contribution in [0.1, 0.15) is 11.8 Å². The summed E-state index contributed by atoms with van der Waals surface area (Å²) < 4.78 is 1.12. The monoisotopic (exact) mass is 312 g/mol. The highest BCUT2D eigenvalue weighted by Gasteiger charge is 2.00. The Labute approximate surface area is 113 Å². The van der Waals surface area contributed by atoms with Gasteiger partial charge in [-0.3, -0.25) is 4.98 Å². The van der Waals surface area contributed by atoms with Gasteiger partial charge in [0.2, 0.25) is 0 Å². The molecule has 0 saturated carbocycles. The molecule has 0 unspecified atom stereocenters. The molecule has 0 amide bonds. The zero-order chi connectivity index (χ0) is 12.1. The quantitative estimate of drug-likeness (QED) is 0.889. The van der Waals surface area contributed by atoms with E-state index < -0.39 is 0 Å². The van der Waals surface area contributed by atoms with Crippen molar-refractivity contribution >= 4 is 38.9 Å². The predicted octanol–water partition coefficient (Wildman–Crippen LogP) is 3.34. The topological polar surface area (TPSA) is 49.8 Å². The van der Waals surface area contributed by atoms with Crippen molar-refractivity contribution in [2.24, 2.45) is 0 Å². The maximum atomic E-state index is 4.39. The van der Waals surface area contributed by atoms with Crippen LogP contribution < -0.4 is 10.6 Å². The van der Waals surface area contributed by atoms with Crippen LogP contribution in [0, 0.1) is 0 Å². The first-order valence-electron chi connectivity index (χ1n) is 5.30. The van der Waals surface area contributed by atoms with Crippen molar-refractivity contribution in [3.8, 4) is 0 Å². The smallest absolute Gasteiger partial charge is 0.147 e. The molecule has 0 bridgehead atoms. The summed E-state index contributed by atoms with van der Waals surface area (Å²) in [5.74, 6) is 1.58. The van der Waals surface area contributed by atoms with E-state index >= 15 is 0 Å². The Morgan fingerprint density at radius 2 is 2.06 bits per heavy atom. The van der Waals surface area contributed by atoms with Gasteiger partial charge < -0.3 is 10.6 Å². The molecule has 2 aromatic rings. The molecule has 0 spiro atoms. The average molecular weight is 313 g/mol. The number of hydrogen-bond donors (Lipinski definition) is 2. The fourth-order valence-corrected chi connectivity index (χ4v) is 2.73. The lowest BCUT2D eigenvalue weighted by Gasteiger charge is -2.06. The van der Waals surface area contributed by atoms with E-state index in [2.05, 4.69) is 48.0 Å². The van der Waals surface area contributed by atoms with Gasteiger partial charge in [0, 0.05) is 21.3 Å². The first-order valence-corrected chi connectivity index (χ1v) is 6.98. The molecule has 2 rings (SSSR count). The van der Waals surface area contributed by atoms with Gasteiger partial charge in [-0.25, -0.2) is 4.98 Å². The van der Waals surface area contributed by atoms with Crippen LogP contribution in [0.15, 0.2) is 28.3 Å². The summed E-state index contributed by atoms with van der Waals surface area (Å²) in [7, 11) is 0. The molecule has 2 heterocycles. The molecule has 0 radical (unpaired) electrons. The van der Waals surface area contributed by atoms with Gasteiger partial charge in [-0.15, -0.1) is 11.3 Å². The molecule has 0 aliphatic rings. The number of hydrogen-bond acceptors (Lipinski definition) is 5. The molecule has 0 aromatic carbocycles. The Hall–Kier alpha value is -1.14. The van der Waals surface area contributed by atoms with Gasteiger partial charge in [0.05, 0.1) is 18.9 Å². The fraction of sp³-hybridized carbons (Fsp3) is 0.273. The highest BCUT2D eigenvalue weighted by atomic mass is 79.9. The normalized spacial score (nSPS) is 10.2. The third-order valence-electron chi connectivity index (χ3n) is 2.06. The van der Waals surface area contributed by atoms with Gasteiger partial charge in [-0.05, 0) is 28.9 Å². The molecule has 2 aromatic heterocycles. The van der Waals surface area contributed by atoms with E-state index in [-0.39, 0.29) is 0 Å². The first kappa shape index (κ1) is 12.3. The molecule has 0 aliphatic heterocycles. The van der Waals surface area contributed by atoms with Gasteiger partial charge in [0.1, 0.15) is 11.6 Å². The second-order valence-electron chi connectivity index (χ2n) is 3.40. The number of aromatic nitrogens is 2. The SMILES string of the molecule is CCNc1cncc(NCc2cc(Br)cs2)n1. The molecule has 4 nitrogen and oxygen atoms in total. The Morgan fingerprint density at radius 1 is 1.29 bits per heavy atom. The van der Waals surface area contributed by atoms with Gasteiger partial charge >= 0.3 is 0 Å². The van der Waals surface area contributed by atoms with Gasteiger partial charge in [0.25, 0.3) is 0 Å². The number of nitrogens with zero attached hydrogens (tertiary/aromatic N) is 2. The maximum Gasteiger partial charge on any atom is 0.147 e. The van der Waals surface area contributed by atoms with Crippen molar-refractivity contribution in [2.75, 3.05) is 17.2 Å². The van der Waals surface area contributed by atoms with Crippen LogP contribution in [0.5, 0.6) is 0 Å². The molecule has 0 atom stereocenters. The summed E-state index contributed by atoms with van der Waals surface area (Å²) in [5.41, 5.74) is 0. The minimum Gasteiger partial charge on any atom is -0.369 e.